The molecule has 0 saturated carbocycles. The molecule has 0 radical (unpaired) electrons. The molecule has 38 heavy (non-hydrogen) atoms. The molecule has 0 aliphatic carbocycles. The molecule has 0 saturated heterocycles. The molecule has 0 aromatic heterocycles. The molecule has 232 valence electrons. The molecule has 0 aliphatic heterocycles. The zero-order chi connectivity index (χ0) is 27.1. The van der Waals surface area contributed by atoms with Crippen molar-refractivity contribution < 1.29 is 21.5 Å². The van der Waals surface area contributed by atoms with Crippen LogP contribution in [0.15, 0.2) is 0 Å². The standard InChI is InChI=1S/C36H76N.BrH/c1-5-9-13-14-15-16-17-18-19-20-21-22-23-24-25-26-27-28-29-30-31-32-36-37(33-10-6-2,34-11-7-3)35-12-8-4;/h5-36H2,1-4H3;1H/q+1;/p-1. The van der Waals surface area contributed by atoms with Crippen LogP contribution in [0.5, 0.6) is 0 Å². The van der Waals surface area contributed by atoms with Crippen LogP contribution in [0.2, 0.25) is 0 Å². The quantitative estimate of drug-likeness (QED) is 0.0531. The van der Waals surface area contributed by atoms with Gasteiger partial charge in [-0.05, 0) is 32.1 Å². The van der Waals surface area contributed by atoms with Gasteiger partial charge in [0.25, 0.3) is 0 Å². The van der Waals surface area contributed by atoms with E-state index >= 15 is 0 Å². The summed E-state index contributed by atoms with van der Waals surface area (Å²) in [6.07, 6.45) is 40.9. The van der Waals surface area contributed by atoms with E-state index in [1.165, 1.54) is 210 Å². The molecule has 0 aromatic rings. The molecular formula is C36H76BrN. The van der Waals surface area contributed by atoms with Crippen molar-refractivity contribution in [3.63, 3.8) is 0 Å². The molecule has 0 rings (SSSR count). The van der Waals surface area contributed by atoms with Crippen molar-refractivity contribution in [3.8, 4) is 0 Å². The second kappa shape index (κ2) is 33.6. The first kappa shape index (κ1) is 40.6. The summed E-state index contributed by atoms with van der Waals surface area (Å²) in [6.45, 7) is 15.2. The van der Waals surface area contributed by atoms with Gasteiger partial charge in [0, 0.05) is 0 Å². The van der Waals surface area contributed by atoms with Crippen LogP contribution in [0.3, 0.4) is 0 Å². The predicted octanol–water partition coefficient (Wildman–Crippen LogP) is 9.81. The molecule has 0 atom stereocenters. The lowest BCUT2D eigenvalue weighted by Crippen LogP contribution is -3.00. The SMILES string of the molecule is CCCCCCCCCCCCCCCCCCCCCCCC[N+](CCCC)(CCCC)CCCC.[Br-]. The van der Waals surface area contributed by atoms with Gasteiger partial charge in [-0.15, -0.1) is 0 Å². The summed E-state index contributed by atoms with van der Waals surface area (Å²) in [5, 5.41) is 0. The average molecular weight is 603 g/mol. The molecule has 0 aromatic carbocycles. The maximum absolute atomic E-state index is 2.37. The number of unbranched alkanes of at least 4 members (excludes halogenated alkanes) is 24. The van der Waals surface area contributed by atoms with Crippen molar-refractivity contribution in [2.24, 2.45) is 0 Å². The summed E-state index contributed by atoms with van der Waals surface area (Å²) in [4.78, 5) is 0. The fraction of sp³-hybridized carbons (Fsp3) is 1.00. The first-order valence-corrected chi connectivity index (χ1v) is 18.1. The number of hydrogen-bond acceptors (Lipinski definition) is 0. The van der Waals surface area contributed by atoms with E-state index in [1.807, 2.05) is 0 Å². The van der Waals surface area contributed by atoms with Crippen LogP contribution in [0.1, 0.15) is 207 Å². The molecule has 2 heteroatoms. The van der Waals surface area contributed by atoms with Gasteiger partial charge in [-0.1, -0.05) is 175 Å². The Hall–Kier alpha value is 0.440. The van der Waals surface area contributed by atoms with E-state index < -0.39 is 0 Å². The summed E-state index contributed by atoms with van der Waals surface area (Å²) >= 11 is 0. The van der Waals surface area contributed by atoms with E-state index in [0.717, 1.165) is 0 Å². The highest BCUT2D eigenvalue weighted by atomic mass is 79.9. The predicted molar refractivity (Wildman–Crippen MR) is 172 cm³/mol. The molecule has 0 heterocycles. The highest BCUT2D eigenvalue weighted by Gasteiger charge is 2.24. The second-order valence-corrected chi connectivity index (χ2v) is 12.7. The average Bonchev–Trinajstić information content (AvgIpc) is 2.92. The lowest BCUT2D eigenvalue weighted by molar-refractivity contribution is -0.929. The zero-order valence-electron chi connectivity index (χ0n) is 27.5. The first-order chi connectivity index (χ1) is 18.2. The summed E-state index contributed by atoms with van der Waals surface area (Å²) < 4.78 is 1.44. The number of quaternary nitrogens is 1. The smallest absolute Gasteiger partial charge is 0.0786 e. The van der Waals surface area contributed by atoms with Crippen molar-refractivity contribution in [3.05, 3.63) is 0 Å². The van der Waals surface area contributed by atoms with E-state index in [9.17, 15) is 0 Å². The Morgan fingerprint density at radius 2 is 0.421 bits per heavy atom. The van der Waals surface area contributed by atoms with Gasteiger partial charge in [0.2, 0.25) is 0 Å². The molecule has 0 unspecified atom stereocenters. The molecule has 0 bridgehead atoms. The lowest BCUT2D eigenvalue weighted by Gasteiger charge is -2.39. The monoisotopic (exact) mass is 602 g/mol. The van der Waals surface area contributed by atoms with E-state index in [4.69, 9.17) is 0 Å². The zero-order valence-corrected chi connectivity index (χ0v) is 29.0. The van der Waals surface area contributed by atoms with E-state index in [1.54, 1.807) is 0 Å². The fourth-order valence-corrected chi connectivity index (χ4v) is 6.21. The van der Waals surface area contributed by atoms with Gasteiger partial charge in [0.15, 0.2) is 0 Å². The number of hydrogen-bond donors (Lipinski definition) is 0. The Balaban J connectivity index is 0. The summed E-state index contributed by atoms with van der Waals surface area (Å²) in [6, 6.07) is 0. The van der Waals surface area contributed by atoms with Crippen LogP contribution >= 0.6 is 0 Å². The van der Waals surface area contributed by atoms with E-state index in [2.05, 4.69) is 27.7 Å². The molecule has 0 aliphatic rings. The number of nitrogens with zero attached hydrogens (tertiary/aromatic N) is 1. The lowest BCUT2D eigenvalue weighted by atomic mass is 10.0. The van der Waals surface area contributed by atoms with Crippen molar-refractivity contribution >= 4 is 0 Å². The third-order valence-corrected chi connectivity index (χ3v) is 8.94. The Labute approximate surface area is 254 Å². The summed E-state index contributed by atoms with van der Waals surface area (Å²) in [7, 11) is 0. The summed E-state index contributed by atoms with van der Waals surface area (Å²) in [5.41, 5.74) is 0. The van der Waals surface area contributed by atoms with Crippen LogP contribution < -0.4 is 17.0 Å². The highest BCUT2D eigenvalue weighted by Crippen LogP contribution is 2.19. The molecule has 0 amide bonds. The van der Waals surface area contributed by atoms with E-state index in [-0.39, 0.29) is 17.0 Å². The fourth-order valence-electron chi connectivity index (χ4n) is 6.21. The van der Waals surface area contributed by atoms with Crippen LogP contribution in [-0.4, -0.2) is 30.7 Å². The van der Waals surface area contributed by atoms with Gasteiger partial charge < -0.3 is 21.5 Å². The van der Waals surface area contributed by atoms with Crippen LogP contribution in [0.4, 0.5) is 0 Å². The molecule has 1 nitrogen and oxygen atoms in total. The maximum Gasteiger partial charge on any atom is 0.0786 e. The molecule has 0 spiro atoms. The van der Waals surface area contributed by atoms with Crippen molar-refractivity contribution in [1.29, 1.82) is 0 Å². The minimum Gasteiger partial charge on any atom is -1.00 e. The van der Waals surface area contributed by atoms with Crippen molar-refractivity contribution in [2.75, 3.05) is 26.2 Å². The van der Waals surface area contributed by atoms with Gasteiger partial charge in [0.1, 0.15) is 0 Å². The Morgan fingerprint density at radius 3 is 0.658 bits per heavy atom. The number of rotatable bonds is 32. The first-order valence-electron chi connectivity index (χ1n) is 18.1. The Morgan fingerprint density at radius 1 is 0.237 bits per heavy atom. The van der Waals surface area contributed by atoms with Gasteiger partial charge >= 0.3 is 0 Å². The van der Waals surface area contributed by atoms with Crippen LogP contribution in [0.25, 0.3) is 0 Å². The minimum absolute atomic E-state index is 0. The van der Waals surface area contributed by atoms with Crippen molar-refractivity contribution in [2.45, 2.75) is 207 Å². The highest BCUT2D eigenvalue weighted by molar-refractivity contribution is 4.53. The van der Waals surface area contributed by atoms with Gasteiger partial charge in [-0.3, -0.25) is 0 Å². The minimum atomic E-state index is 0. The molecular weight excluding hydrogens is 526 g/mol. The topological polar surface area (TPSA) is 0 Å². The second-order valence-electron chi connectivity index (χ2n) is 12.7. The van der Waals surface area contributed by atoms with Crippen LogP contribution in [-0.2, 0) is 0 Å². The Bertz CT molecular complexity index is 388. The number of halogens is 1. The van der Waals surface area contributed by atoms with Crippen molar-refractivity contribution in [1.82, 2.24) is 0 Å². The Kier molecular flexibility index (Phi) is 35.9. The third-order valence-electron chi connectivity index (χ3n) is 8.94. The normalized spacial score (nSPS) is 11.7. The third kappa shape index (κ3) is 28.0. The molecule has 0 fully saturated rings. The van der Waals surface area contributed by atoms with E-state index in [0.29, 0.717) is 0 Å². The largest absolute Gasteiger partial charge is 1.00 e. The van der Waals surface area contributed by atoms with Gasteiger partial charge in [-0.25, -0.2) is 0 Å². The van der Waals surface area contributed by atoms with Gasteiger partial charge in [0.05, 0.1) is 26.2 Å². The molecule has 0 N–H and O–H groups in total. The summed E-state index contributed by atoms with van der Waals surface area (Å²) in [5.74, 6) is 0. The van der Waals surface area contributed by atoms with Gasteiger partial charge in [-0.2, -0.15) is 0 Å². The van der Waals surface area contributed by atoms with Crippen LogP contribution in [0, 0.1) is 0 Å². The maximum atomic E-state index is 2.37.